The highest BCUT2D eigenvalue weighted by atomic mass is 79.9. The lowest BCUT2D eigenvalue weighted by atomic mass is 10.1. The Morgan fingerprint density at radius 2 is 2.27 bits per heavy atom. The van der Waals surface area contributed by atoms with Gasteiger partial charge < -0.3 is 10.5 Å². The van der Waals surface area contributed by atoms with Gasteiger partial charge >= 0.3 is 0 Å². The van der Waals surface area contributed by atoms with Crippen molar-refractivity contribution < 1.29 is 4.74 Å². The fraction of sp³-hybridized carbons (Fsp3) is 0.455. The zero-order valence-electron chi connectivity index (χ0n) is 8.57. The van der Waals surface area contributed by atoms with E-state index in [2.05, 4.69) is 34.1 Å². The Bertz CT molecular complexity index is 352. The SMILES string of the molecule is C[C@H](N)c1ccc(SC2COC2)c(Br)c1. The summed E-state index contributed by atoms with van der Waals surface area (Å²) in [5, 5.41) is 0.613. The molecule has 0 aromatic heterocycles. The van der Waals surface area contributed by atoms with Gasteiger partial charge in [0.05, 0.1) is 18.5 Å². The summed E-state index contributed by atoms with van der Waals surface area (Å²) in [6.45, 7) is 3.73. The van der Waals surface area contributed by atoms with Gasteiger partial charge in [-0.05, 0) is 40.5 Å². The molecule has 2 rings (SSSR count). The Balaban J connectivity index is 2.11. The Morgan fingerprint density at radius 1 is 1.53 bits per heavy atom. The maximum Gasteiger partial charge on any atom is 0.0611 e. The molecular weight excluding hydrogens is 274 g/mol. The van der Waals surface area contributed by atoms with Gasteiger partial charge in [0.25, 0.3) is 0 Å². The molecule has 0 unspecified atom stereocenters. The predicted octanol–water partition coefficient (Wildman–Crippen LogP) is 2.96. The first-order chi connectivity index (χ1) is 7.16. The van der Waals surface area contributed by atoms with Crippen LogP contribution in [0.15, 0.2) is 27.6 Å². The molecule has 0 bridgehead atoms. The minimum Gasteiger partial charge on any atom is -0.379 e. The summed E-state index contributed by atoms with van der Waals surface area (Å²) in [5.41, 5.74) is 6.99. The minimum atomic E-state index is 0.0902. The number of thioether (sulfide) groups is 1. The summed E-state index contributed by atoms with van der Waals surface area (Å²) in [5.74, 6) is 0. The van der Waals surface area contributed by atoms with Crippen LogP contribution in [0.5, 0.6) is 0 Å². The van der Waals surface area contributed by atoms with E-state index in [-0.39, 0.29) is 6.04 Å². The largest absolute Gasteiger partial charge is 0.379 e. The van der Waals surface area contributed by atoms with Crippen LogP contribution in [0.3, 0.4) is 0 Å². The molecular formula is C11H14BrNOS. The van der Waals surface area contributed by atoms with Crippen molar-refractivity contribution >= 4 is 27.7 Å². The second-order valence-corrected chi connectivity index (χ2v) is 5.95. The van der Waals surface area contributed by atoms with Gasteiger partial charge in [-0.2, -0.15) is 0 Å². The fourth-order valence-corrected chi connectivity index (χ4v) is 3.04. The molecule has 1 fully saturated rings. The molecule has 0 saturated carbocycles. The third-order valence-electron chi connectivity index (χ3n) is 2.38. The van der Waals surface area contributed by atoms with Crippen LogP contribution in [-0.2, 0) is 4.74 Å². The fourth-order valence-electron chi connectivity index (χ4n) is 1.36. The average molecular weight is 288 g/mol. The number of benzene rings is 1. The number of hydrogen-bond donors (Lipinski definition) is 1. The molecule has 82 valence electrons. The third kappa shape index (κ3) is 2.75. The molecule has 4 heteroatoms. The van der Waals surface area contributed by atoms with Crippen molar-refractivity contribution in [3.63, 3.8) is 0 Å². The van der Waals surface area contributed by atoms with Crippen LogP contribution in [0.2, 0.25) is 0 Å². The molecule has 1 aromatic rings. The van der Waals surface area contributed by atoms with Crippen molar-refractivity contribution in [1.29, 1.82) is 0 Å². The minimum absolute atomic E-state index is 0.0902. The van der Waals surface area contributed by atoms with Gasteiger partial charge in [-0.25, -0.2) is 0 Å². The molecule has 2 nitrogen and oxygen atoms in total. The standard InChI is InChI=1S/C11H14BrNOS/c1-7(13)8-2-3-11(10(12)4-8)15-9-5-14-6-9/h2-4,7,9H,5-6,13H2,1H3/t7-/m0/s1. The molecule has 0 aliphatic carbocycles. The molecule has 1 aromatic carbocycles. The van der Waals surface area contributed by atoms with E-state index in [1.54, 1.807) is 0 Å². The van der Waals surface area contributed by atoms with Crippen molar-refractivity contribution in [3.05, 3.63) is 28.2 Å². The lowest BCUT2D eigenvalue weighted by Crippen LogP contribution is -2.30. The normalized spacial score (nSPS) is 18.6. The molecule has 0 radical (unpaired) electrons. The van der Waals surface area contributed by atoms with E-state index in [9.17, 15) is 0 Å². The zero-order valence-corrected chi connectivity index (χ0v) is 11.0. The van der Waals surface area contributed by atoms with Crippen LogP contribution in [0.4, 0.5) is 0 Å². The number of nitrogens with two attached hydrogens (primary N) is 1. The Kier molecular flexibility index (Phi) is 3.72. The third-order valence-corrected chi connectivity index (χ3v) is 4.52. The van der Waals surface area contributed by atoms with E-state index in [0.717, 1.165) is 23.2 Å². The summed E-state index contributed by atoms with van der Waals surface area (Å²) < 4.78 is 6.29. The van der Waals surface area contributed by atoms with Crippen LogP contribution in [-0.4, -0.2) is 18.5 Å². The monoisotopic (exact) mass is 287 g/mol. The van der Waals surface area contributed by atoms with Crippen LogP contribution in [0, 0.1) is 0 Å². The van der Waals surface area contributed by atoms with E-state index in [1.165, 1.54) is 4.90 Å². The van der Waals surface area contributed by atoms with Crippen molar-refractivity contribution in [2.75, 3.05) is 13.2 Å². The maximum absolute atomic E-state index is 5.82. The number of halogens is 1. The van der Waals surface area contributed by atoms with Gasteiger partial charge in [-0.3, -0.25) is 0 Å². The zero-order chi connectivity index (χ0) is 10.8. The smallest absolute Gasteiger partial charge is 0.0611 e. The summed E-state index contributed by atoms with van der Waals surface area (Å²) in [7, 11) is 0. The molecule has 1 aliphatic heterocycles. The second-order valence-electron chi connectivity index (χ2n) is 3.76. The predicted molar refractivity (Wildman–Crippen MR) is 67.2 cm³/mol. The van der Waals surface area contributed by atoms with E-state index >= 15 is 0 Å². The van der Waals surface area contributed by atoms with Crippen LogP contribution < -0.4 is 5.73 Å². The van der Waals surface area contributed by atoms with Gasteiger partial charge in [0.2, 0.25) is 0 Å². The second kappa shape index (κ2) is 4.87. The molecule has 0 spiro atoms. The molecule has 1 atom stereocenters. The highest BCUT2D eigenvalue weighted by molar-refractivity contribution is 9.10. The van der Waals surface area contributed by atoms with Crippen LogP contribution >= 0.6 is 27.7 Å². The molecule has 15 heavy (non-hydrogen) atoms. The topological polar surface area (TPSA) is 35.2 Å². The van der Waals surface area contributed by atoms with Gasteiger partial charge in [-0.15, -0.1) is 11.8 Å². The van der Waals surface area contributed by atoms with Crippen molar-refractivity contribution in [2.24, 2.45) is 5.73 Å². The van der Waals surface area contributed by atoms with E-state index < -0.39 is 0 Å². The van der Waals surface area contributed by atoms with Gasteiger partial charge in [-0.1, -0.05) is 6.07 Å². The highest BCUT2D eigenvalue weighted by Gasteiger charge is 2.20. The van der Waals surface area contributed by atoms with Crippen molar-refractivity contribution in [3.8, 4) is 0 Å². The first kappa shape index (κ1) is 11.5. The van der Waals surface area contributed by atoms with Gasteiger partial charge in [0, 0.05) is 15.4 Å². The van der Waals surface area contributed by atoms with Gasteiger partial charge in [0.15, 0.2) is 0 Å². The maximum atomic E-state index is 5.82. The summed E-state index contributed by atoms with van der Waals surface area (Å²) >= 11 is 5.44. The lowest BCUT2D eigenvalue weighted by Gasteiger charge is -2.25. The van der Waals surface area contributed by atoms with Gasteiger partial charge in [0.1, 0.15) is 0 Å². The molecule has 0 amide bonds. The lowest BCUT2D eigenvalue weighted by molar-refractivity contribution is 0.0455. The molecule has 1 saturated heterocycles. The van der Waals surface area contributed by atoms with Crippen molar-refractivity contribution in [2.45, 2.75) is 23.1 Å². The van der Waals surface area contributed by atoms with E-state index in [0.29, 0.717) is 5.25 Å². The Labute approximate surface area is 103 Å². The summed E-state index contributed by atoms with van der Waals surface area (Å²) in [4.78, 5) is 1.27. The summed E-state index contributed by atoms with van der Waals surface area (Å²) in [6.07, 6.45) is 0. The number of rotatable bonds is 3. The van der Waals surface area contributed by atoms with Crippen LogP contribution in [0.1, 0.15) is 18.5 Å². The molecule has 1 heterocycles. The molecule has 2 N–H and O–H groups in total. The Morgan fingerprint density at radius 3 is 2.73 bits per heavy atom. The Hall–Kier alpha value is -0.0300. The highest BCUT2D eigenvalue weighted by Crippen LogP contribution is 2.34. The van der Waals surface area contributed by atoms with E-state index in [1.807, 2.05) is 18.7 Å². The number of hydrogen-bond acceptors (Lipinski definition) is 3. The van der Waals surface area contributed by atoms with Crippen LogP contribution in [0.25, 0.3) is 0 Å². The molecule has 1 aliphatic rings. The summed E-state index contributed by atoms with van der Waals surface area (Å²) in [6, 6.07) is 6.42. The first-order valence-corrected chi connectivity index (χ1v) is 6.63. The number of ether oxygens (including phenoxy) is 1. The van der Waals surface area contributed by atoms with Crippen molar-refractivity contribution in [1.82, 2.24) is 0 Å². The quantitative estimate of drug-likeness (QED) is 0.928. The van der Waals surface area contributed by atoms with E-state index in [4.69, 9.17) is 10.5 Å². The first-order valence-electron chi connectivity index (χ1n) is 4.96. The average Bonchev–Trinajstić information content (AvgIpc) is 2.12.